The summed E-state index contributed by atoms with van der Waals surface area (Å²) in [4.78, 5) is 18.3. The van der Waals surface area contributed by atoms with Crippen LogP contribution in [0.25, 0.3) is 0 Å². The molecule has 1 aromatic rings. The number of likely N-dealkylation sites (tertiary alicyclic amines) is 1. The second-order valence-electron chi connectivity index (χ2n) is 5.55. The molecule has 1 fully saturated rings. The standard InChI is InChI=1S/C14H23N3OS/c1-11(2)3-6-16-14(18)17-8-4-12(5-9-17)13-15-7-10-19-13/h7,10-12H,3-6,8-9H2,1-2H3,(H,16,18). The van der Waals surface area contributed by atoms with Gasteiger partial charge in [0, 0.05) is 37.1 Å². The van der Waals surface area contributed by atoms with Crippen LogP contribution in [-0.4, -0.2) is 35.5 Å². The molecule has 2 rings (SSSR count). The number of piperidine rings is 1. The molecule has 5 heteroatoms. The molecule has 4 nitrogen and oxygen atoms in total. The third-order valence-electron chi connectivity index (χ3n) is 3.58. The van der Waals surface area contributed by atoms with Crippen molar-refractivity contribution < 1.29 is 4.79 Å². The zero-order valence-electron chi connectivity index (χ0n) is 11.8. The number of rotatable bonds is 4. The van der Waals surface area contributed by atoms with Gasteiger partial charge in [-0.3, -0.25) is 0 Å². The second kappa shape index (κ2) is 6.89. The highest BCUT2D eigenvalue weighted by molar-refractivity contribution is 7.09. The van der Waals surface area contributed by atoms with Gasteiger partial charge < -0.3 is 10.2 Å². The van der Waals surface area contributed by atoms with E-state index < -0.39 is 0 Å². The van der Waals surface area contributed by atoms with Gasteiger partial charge in [0.05, 0.1) is 5.01 Å². The van der Waals surface area contributed by atoms with E-state index in [4.69, 9.17) is 0 Å². The van der Waals surface area contributed by atoms with Crippen LogP contribution in [0.15, 0.2) is 11.6 Å². The first-order valence-electron chi connectivity index (χ1n) is 7.09. The Bertz CT molecular complexity index is 383. The Morgan fingerprint density at radius 3 is 2.84 bits per heavy atom. The van der Waals surface area contributed by atoms with Crippen molar-refractivity contribution in [3.05, 3.63) is 16.6 Å². The minimum atomic E-state index is 0.0956. The predicted molar refractivity (Wildman–Crippen MR) is 78.5 cm³/mol. The normalized spacial score (nSPS) is 16.9. The molecule has 0 aliphatic carbocycles. The molecule has 1 aliphatic rings. The average molecular weight is 281 g/mol. The summed E-state index contributed by atoms with van der Waals surface area (Å²) < 4.78 is 0. The van der Waals surface area contributed by atoms with E-state index in [1.807, 2.05) is 16.5 Å². The van der Waals surface area contributed by atoms with Crippen LogP contribution in [0.5, 0.6) is 0 Å². The Kier molecular flexibility index (Phi) is 5.19. The van der Waals surface area contributed by atoms with E-state index >= 15 is 0 Å². The Morgan fingerprint density at radius 2 is 2.26 bits per heavy atom. The maximum atomic E-state index is 12.0. The number of carbonyl (C=O) groups is 1. The minimum Gasteiger partial charge on any atom is -0.338 e. The topological polar surface area (TPSA) is 45.2 Å². The summed E-state index contributed by atoms with van der Waals surface area (Å²) in [6, 6.07) is 0.0956. The molecule has 1 N–H and O–H groups in total. The van der Waals surface area contributed by atoms with Crippen molar-refractivity contribution >= 4 is 17.4 Å². The highest BCUT2D eigenvalue weighted by Crippen LogP contribution is 2.29. The highest BCUT2D eigenvalue weighted by Gasteiger charge is 2.24. The van der Waals surface area contributed by atoms with Gasteiger partial charge in [0.1, 0.15) is 0 Å². The lowest BCUT2D eigenvalue weighted by molar-refractivity contribution is 0.181. The molecule has 0 spiro atoms. The molecule has 2 heterocycles. The van der Waals surface area contributed by atoms with E-state index in [2.05, 4.69) is 24.1 Å². The first kappa shape index (κ1) is 14.3. The lowest BCUT2D eigenvalue weighted by atomic mass is 9.98. The van der Waals surface area contributed by atoms with Crippen LogP contribution in [0, 0.1) is 5.92 Å². The monoisotopic (exact) mass is 281 g/mol. The molecular formula is C14H23N3OS. The first-order valence-corrected chi connectivity index (χ1v) is 7.97. The lowest BCUT2D eigenvalue weighted by Crippen LogP contribution is -2.44. The quantitative estimate of drug-likeness (QED) is 0.922. The zero-order valence-corrected chi connectivity index (χ0v) is 12.6. The summed E-state index contributed by atoms with van der Waals surface area (Å²) in [5.74, 6) is 1.18. The summed E-state index contributed by atoms with van der Waals surface area (Å²) >= 11 is 1.73. The van der Waals surface area contributed by atoms with Gasteiger partial charge >= 0.3 is 6.03 Å². The molecule has 0 aromatic carbocycles. The molecule has 0 saturated carbocycles. The second-order valence-corrected chi connectivity index (χ2v) is 6.47. The third kappa shape index (κ3) is 4.20. The number of hydrogen-bond donors (Lipinski definition) is 1. The van der Waals surface area contributed by atoms with E-state index in [1.54, 1.807) is 11.3 Å². The molecule has 1 saturated heterocycles. The minimum absolute atomic E-state index is 0.0956. The summed E-state index contributed by atoms with van der Waals surface area (Å²) in [7, 11) is 0. The molecular weight excluding hydrogens is 258 g/mol. The Labute approximate surface area is 119 Å². The van der Waals surface area contributed by atoms with Gasteiger partial charge in [0.15, 0.2) is 0 Å². The molecule has 0 radical (unpaired) electrons. The van der Waals surface area contributed by atoms with Crippen LogP contribution >= 0.6 is 11.3 Å². The van der Waals surface area contributed by atoms with Crippen LogP contribution in [0.3, 0.4) is 0 Å². The number of thiazole rings is 1. The number of amides is 2. The number of aromatic nitrogens is 1. The van der Waals surface area contributed by atoms with Crippen molar-refractivity contribution in [2.24, 2.45) is 5.92 Å². The number of nitrogens with one attached hydrogen (secondary N) is 1. The smallest absolute Gasteiger partial charge is 0.317 e. The molecule has 0 unspecified atom stereocenters. The van der Waals surface area contributed by atoms with Gasteiger partial charge in [-0.15, -0.1) is 11.3 Å². The van der Waals surface area contributed by atoms with Gasteiger partial charge in [-0.1, -0.05) is 13.8 Å². The Morgan fingerprint density at radius 1 is 1.53 bits per heavy atom. The molecule has 0 bridgehead atoms. The number of urea groups is 1. The highest BCUT2D eigenvalue weighted by atomic mass is 32.1. The fraction of sp³-hybridized carbons (Fsp3) is 0.714. The SMILES string of the molecule is CC(C)CCNC(=O)N1CCC(c2nccs2)CC1. The van der Waals surface area contributed by atoms with Crippen molar-refractivity contribution in [1.82, 2.24) is 15.2 Å². The Balaban J connectivity index is 1.72. The molecule has 106 valence electrons. The molecule has 1 aliphatic heterocycles. The summed E-state index contributed by atoms with van der Waals surface area (Å²) in [5, 5.41) is 6.26. The van der Waals surface area contributed by atoms with Crippen LogP contribution in [0.2, 0.25) is 0 Å². The maximum Gasteiger partial charge on any atom is 0.317 e. The summed E-state index contributed by atoms with van der Waals surface area (Å²) in [5.41, 5.74) is 0. The number of hydrogen-bond acceptors (Lipinski definition) is 3. The van der Waals surface area contributed by atoms with Crippen LogP contribution in [0.1, 0.15) is 44.0 Å². The van der Waals surface area contributed by atoms with Crippen molar-refractivity contribution in [1.29, 1.82) is 0 Å². The fourth-order valence-corrected chi connectivity index (χ4v) is 3.16. The van der Waals surface area contributed by atoms with E-state index in [-0.39, 0.29) is 6.03 Å². The van der Waals surface area contributed by atoms with Crippen LogP contribution < -0.4 is 5.32 Å². The van der Waals surface area contributed by atoms with E-state index in [9.17, 15) is 4.79 Å². The number of carbonyl (C=O) groups excluding carboxylic acids is 1. The van der Waals surface area contributed by atoms with Gasteiger partial charge in [-0.2, -0.15) is 0 Å². The van der Waals surface area contributed by atoms with E-state index in [0.717, 1.165) is 38.9 Å². The molecule has 0 atom stereocenters. The third-order valence-corrected chi connectivity index (χ3v) is 4.52. The molecule has 19 heavy (non-hydrogen) atoms. The van der Waals surface area contributed by atoms with Crippen LogP contribution in [0.4, 0.5) is 4.79 Å². The lowest BCUT2D eigenvalue weighted by Gasteiger charge is -2.31. The van der Waals surface area contributed by atoms with Crippen LogP contribution in [-0.2, 0) is 0 Å². The van der Waals surface area contributed by atoms with Gasteiger partial charge in [0.2, 0.25) is 0 Å². The van der Waals surface area contributed by atoms with Crippen molar-refractivity contribution in [2.45, 2.75) is 39.0 Å². The Hall–Kier alpha value is -1.10. The van der Waals surface area contributed by atoms with E-state index in [0.29, 0.717) is 11.8 Å². The number of nitrogens with zero attached hydrogens (tertiary/aromatic N) is 2. The van der Waals surface area contributed by atoms with Crippen molar-refractivity contribution in [2.75, 3.05) is 19.6 Å². The fourth-order valence-electron chi connectivity index (χ4n) is 2.35. The summed E-state index contributed by atoms with van der Waals surface area (Å²) in [6.45, 7) is 6.82. The van der Waals surface area contributed by atoms with Gasteiger partial charge in [-0.05, 0) is 25.2 Å². The zero-order chi connectivity index (χ0) is 13.7. The molecule has 1 aromatic heterocycles. The average Bonchev–Trinajstić information content (AvgIpc) is 2.92. The largest absolute Gasteiger partial charge is 0.338 e. The summed E-state index contributed by atoms with van der Waals surface area (Å²) in [6.07, 6.45) is 4.97. The van der Waals surface area contributed by atoms with Crippen molar-refractivity contribution in [3.63, 3.8) is 0 Å². The maximum absolute atomic E-state index is 12.0. The van der Waals surface area contributed by atoms with Crippen molar-refractivity contribution in [3.8, 4) is 0 Å². The van der Waals surface area contributed by atoms with E-state index in [1.165, 1.54) is 5.01 Å². The van der Waals surface area contributed by atoms with Gasteiger partial charge in [-0.25, -0.2) is 9.78 Å². The first-order chi connectivity index (χ1) is 9.16. The molecule has 2 amide bonds. The van der Waals surface area contributed by atoms with Gasteiger partial charge in [0.25, 0.3) is 0 Å². The predicted octanol–water partition coefficient (Wildman–Crippen LogP) is 3.08.